The fraction of sp³-hybridized carbons (Fsp3) is 0.450. The predicted molar refractivity (Wildman–Crippen MR) is 105 cm³/mol. The van der Waals surface area contributed by atoms with Crippen LogP contribution in [0.2, 0.25) is 0 Å². The quantitative estimate of drug-likeness (QED) is 0.825. The average Bonchev–Trinajstić information content (AvgIpc) is 3.05. The number of amides is 1. The summed E-state index contributed by atoms with van der Waals surface area (Å²) in [6, 6.07) is 9.98. The van der Waals surface area contributed by atoms with E-state index in [1.807, 2.05) is 29.2 Å². The van der Waals surface area contributed by atoms with Crippen LogP contribution >= 0.6 is 11.3 Å². The third kappa shape index (κ3) is 4.41. The molecule has 25 heavy (non-hydrogen) atoms. The van der Waals surface area contributed by atoms with Gasteiger partial charge in [0, 0.05) is 30.2 Å². The predicted octanol–water partition coefficient (Wildman–Crippen LogP) is 3.87. The van der Waals surface area contributed by atoms with Crippen molar-refractivity contribution < 1.29 is 4.79 Å². The van der Waals surface area contributed by atoms with Gasteiger partial charge in [-0.15, -0.1) is 11.3 Å². The Morgan fingerprint density at radius 1 is 1.36 bits per heavy atom. The number of hydrogen-bond donors (Lipinski definition) is 2. The second-order valence-corrected chi connectivity index (χ2v) is 7.76. The Labute approximate surface area is 154 Å². The largest absolute Gasteiger partial charge is 0.379 e. The summed E-state index contributed by atoms with van der Waals surface area (Å²) >= 11 is 1.75. The molecule has 1 saturated heterocycles. The lowest BCUT2D eigenvalue weighted by molar-refractivity contribution is 0.0670. The van der Waals surface area contributed by atoms with Gasteiger partial charge in [-0.05, 0) is 67.8 Å². The number of thiophene rings is 1. The molecule has 1 atom stereocenters. The molecule has 1 aliphatic rings. The number of benzene rings is 1. The molecule has 1 aliphatic heterocycles. The van der Waals surface area contributed by atoms with E-state index in [2.05, 4.69) is 23.7 Å². The average molecular weight is 358 g/mol. The summed E-state index contributed by atoms with van der Waals surface area (Å²) in [5.74, 6) is 0.671. The van der Waals surface area contributed by atoms with Crippen molar-refractivity contribution in [3.05, 3.63) is 51.7 Å². The third-order valence-electron chi connectivity index (χ3n) is 4.95. The zero-order valence-corrected chi connectivity index (χ0v) is 15.6. The molecule has 2 heterocycles. The number of piperidine rings is 1. The summed E-state index contributed by atoms with van der Waals surface area (Å²) in [6.45, 7) is 5.25. The summed E-state index contributed by atoms with van der Waals surface area (Å²) in [6.07, 6.45) is 3.25. The standard InChI is InChI=1S/C20H27N3OS/c1-15-9-12-25-19(15)13-22-18-7-3-2-6-17(18)20(24)23-11-4-5-16(14-23)8-10-21/h2-3,6-7,9,12,16,22H,4-5,8,10-11,13-14,21H2,1H3. The number of para-hydroxylation sites is 1. The molecule has 0 aliphatic carbocycles. The van der Waals surface area contributed by atoms with Crippen LogP contribution < -0.4 is 11.1 Å². The molecule has 1 aromatic carbocycles. The highest BCUT2D eigenvalue weighted by molar-refractivity contribution is 7.10. The van der Waals surface area contributed by atoms with Crippen molar-refractivity contribution in [1.29, 1.82) is 0 Å². The van der Waals surface area contributed by atoms with E-state index in [-0.39, 0.29) is 5.91 Å². The SMILES string of the molecule is Cc1ccsc1CNc1ccccc1C(=O)N1CCCC(CCN)C1. The highest BCUT2D eigenvalue weighted by Gasteiger charge is 2.25. The molecule has 134 valence electrons. The maximum atomic E-state index is 13.1. The minimum Gasteiger partial charge on any atom is -0.379 e. The minimum absolute atomic E-state index is 0.132. The number of anilines is 1. The molecule has 1 unspecified atom stereocenters. The van der Waals surface area contributed by atoms with Crippen LogP contribution in [-0.2, 0) is 6.54 Å². The first-order valence-electron chi connectivity index (χ1n) is 9.04. The summed E-state index contributed by atoms with van der Waals surface area (Å²) in [5.41, 5.74) is 8.68. The normalized spacial score (nSPS) is 17.5. The molecule has 0 spiro atoms. The maximum Gasteiger partial charge on any atom is 0.255 e. The van der Waals surface area contributed by atoms with Crippen LogP contribution in [0.25, 0.3) is 0 Å². The van der Waals surface area contributed by atoms with Gasteiger partial charge in [-0.25, -0.2) is 0 Å². The van der Waals surface area contributed by atoms with Gasteiger partial charge in [0.25, 0.3) is 5.91 Å². The van der Waals surface area contributed by atoms with E-state index < -0.39 is 0 Å². The van der Waals surface area contributed by atoms with Crippen molar-refractivity contribution in [2.45, 2.75) is 32.7 Å². The van der Waals surface area contributed by atoms with E-state index >= 15 is 0 Å². The van der Waals surface area contributed by atoms with Crippen LogP contribution in [-0.4, -0.2) is 30.4 Å². The second-order valence-electron chi connectivity index (χ2n) is 6.76. The number of aryl methyl sites for hydroxylation is 1. The van der Waals surface area contributed by atoms with Crippen LogP contribution in [0.5, 0.6) is 0 Å². The first kappa shape index (κ1) is 18.0. The molecule has 5 heteroatoms. The van der Waals surface area contributed by atoms with Crippen molar-refractivity contribution in [1.82, 2.24) is 4.90 Å². The number of nitrogens with zero attached hydrogens (tertiary/aromatic N) is 1. The van der Waals surface area contributed by atoms with Crippen LogP contribution in [0.1, 0.15) is 40.1 Å². The lowest BCUT2D eigenvalue weighted by atomic mass is 9.94. The Morgan fingerprint density at radius 2 is 2.20 bits per heavy atom. The number of carbonyl (C=O) groups is 1. The van der Waals surface area contributed by atoms with E-state index in [9.17, 15) is 4.79 Å². The van der Waals surface area contributed by atoms with Crippen LogP contribution in [0, 0.1) is 12.8 Å². The highest BCUT2D eigenvalue weighted by atomic mass is 32.1. The fourth-order valence-electron chi connectivity index (χ4n) is 3.48. The first-order valence-corrected chi connectivity index (χ1v) is 9.92. The summed E-state index contributed by atoms with van der Waals surface area (Å²) in [5, 5.41) is 5.56. The molecule has 4 nitrogen and oxygen atoms in total. The van der Waals surface area contributed by atoms with Gasteiger partial charge < -0.3 is 16.0 Å². The lowest BCUT2D eigenvalue weighted by Gasteiger charge is -2.33. The maximum absolute atomic E-state index is 13.1. The van der Waals surface area contributed by atoms with Gasteiger partial charge >= 0.3 is 0 Å². The Hall–Kier alpha value is -1.85. The minimum atomic E-state index is 0.132. The van der Waals surface area contributed by atoms with E-state index in [1.54, 1.807) is 11.3 Å². The molecule has 0 saturated carbocycles. The number of likely N-dealkylation sites (tertiary alicyclic amines) is 1. The Balaban J connectivity index is 1.71. The molecule has 1 fully saturated rings. The molecule has 1 aromatic heterocycles. The molecular weight excluding hydrogens is 330 g/mol. The van der Waals surface area contributed by atoms with E-state index in [0.717, 1.165) is 43.7 Å². The molecule has 1 amide bonds. The van der Waals surface area contributed by atoms with Crippen LogP contribution in [0.3, 0.4) is 0 Å². The first-order chi connectivity index (χ1) is 12.2. The lowest BCUT2D eigenvalue weighted by Crippen LogP contribution is -2.40. The molecule has 0 bridgehead atoms. The summed E-state index contributed by atoms with van der Waals surface area (Å²) < 4.78 is 0. The Morgan fingerprint density at radius 3 is 2.96 bits per heavy atom. The van der Waals surface area contributed by atoms with Gasteiger partial charge in [-0.2, -0.15) is 0 Å². The van der Waals surface area contributed by atoms with Crippen molar-refractivity contribution >= 4 is 22.9 Å². The molecule has 2 aromatic rings. The number of rotatable bonds is 6. The van der Waals surface area contributed by atoms with Gasteiger partial charge in [0.15, 0.2) is 0 Å². The van der Waals surface area contributed by atoms with Crippen LogP contribution in [0.15, 0.2) is 35.7 Å². The van der Waals surface area contributed by atoms with E-state index in [4.69, 9.17) is 5.73 Å². The van der Waals surface area contributed by atoms with Crippen molar-refractivity contribution in [3.8, 4) is 0 Å². The smallest absolute Gasteiger partial charge is 0.255 e. The van der Waals surface area contributed by atoms with E-state index in [1.165, 1.54) is 16.9 Å². The molecular formula is C20H27N3OS. The van der Waals surface area contributed by atoms with Gasteiger partial charge in [-0.3, -0.25) is 4.79 Å². The van der Waals surface area contributed by atoms with Gasteiger partial charge in [0.05, 0.1) is 5.56 Å². The van der Waals surface area contributed by atoms with E-state index in [0.29, 0.717) is 12.5 Å². The summed E-state index contributed by atoms with van der Waals surface area (Å²) in [7, 11) is 0. The fourth-order valence-corrected chi connectivity index (χ4v) is 4.32. The zero-order chi connectivity index (χ0) is 17.6. The highest BCUT2D eigenvalue weighted by Crippen LogP contribution is 2.25. The van der Waals surface area contributed by atoms with Gasteiger partial charge in [0.2, 0.25) is 0 Å². The number of nitrogens with one attached hydrogen (secondary N) is 1. The van der Waals surface area contributed by atoms with Crippen molar-refractivity contribution in [2.24, 2.45) is 11.7 Å². The van der Waals surface area contributed by atoms with Gasteiger partial charge in [-0.1, -0.05) is 12.1 Å². The third-order valence-corrected chi connectivity index (χ3v) is 5.97. The topological polar surface area (TPSA) is 58.4 Å². The Bertz CT molecular complexity index is 710. The molecule has 3 N–H and O–H groups in total. The zero-order valence-electron chi connectivity index (χ0n) is 14.8. The summed E-state index contributed by atoms with van der Waals surface area (Å²) in [4.78, 5) is 16.4. The van der Waals surface area contributed by atoms with Crippen molar-refractivity contribution in [3.63, 3.8) is 0 Å². The number of nitrogens with two attached hydrogens (primary N) is 1. The number of carbonyl (C=O) groups excluding carboxylic acids is 1. The van der Waals surface area contributed by atoms with Crippen molar-refractivity contribution in [2.75, 3.05) is 25.0 Å². The van der Waals surface area contributed by atoms with Gasteiger partial charge in [0.1, 0.15) is 0 Å². The Kier molecular flexibility index (Phi) is 6.10. The van der Waals surface area contributed by atoms with Crippen LogP contribution in [0.4, 0.5) is 5.69 Å². The monoisotopic (exact) mass is 357 g/mol. The second kappa shape index (κ2) is 8.50. The molecule has 0 radical (unpaired) electrons. The number of hydrogen-bond acceptors (Lipinski definition) is 4. The molecule has 3 rings (SSSR count).